The Morgan fingerprint density at radius 1 is 1.28 bits per heavy atom. The van der Waals surface area contributed by atoms with Crippen molar-refractivity contribution in [2.75, 3.05) is 18.6 Å². The second kappa shape index (κ2) is 4.71. The lowest BCUT2D eigenvalue weighted by Gasteiger charge is -2.35. The van der Waals surface area contributed by atoms with Gasteiger partial charge in [-0.15, -0.1) is 0 Å². The molecule has 0 saturated carbocycles. The first kappa shape index (κ1) is 13.1. The summed E-state index contributed by atoms with van der Waals surface area (Å²) in [4.78, 5) is 10.4. The van der Waals surface area contributed by atoms with Crippen LogP contribution in [-0.2, 0) is 0 Å². The molecule has 4 nitrogen and oxygen atoms in total. The molecule has 0 aliphatic rings. The number of fused-ring (bicyclic) bond motifs is 1. The summed E-state index contributed by atoms with van der Waals surface area (Å²) in [5.74, 6) is 0.727. The second-order valence-corrected chi connectivity index (χ2v) is 5.20. The summed E-state index contributed by atoms with van der Waals surface area (Å²) in [5, 5.41) is 10.6. The second-order valence-electron chi connectivity index (χ2n) is 4.86. The number of likely N-dealkylation sites (N-methyl/N-ethyl adjacent to an activating group) is 1. The van der Waals surface area contributed by atoms with Crippen molar-refractivity contribution in [2.24, 2.45) is 0 Å². The van der Waals surface area contributed by atoms with Gasteiger partial charge in [0.2, 0.25) is 5.28 Å². The first-order valence-electron chi connectivity index (χ1n) is 5.72. The Balaban J connectivity index is 2.63. The standard InChI is InChI=1S/C13H16ClN3O/c1-13(2,8-18)17(3)11-9-6-4-5-7-10(9)15-12(14)16-11/h4-7,18H,8H2,1-3H3. The fourth-order valence-corrected chi connectivity index (χ4v) is 1.85. The van der Waals surface area contributed by atoms with E-state index >= 15 is 0 Å². The van der Waals surface area contributed by atoms with Gasteiger partial charge in [0.15, 0.2) is 0 Å². The van der Waals surface area contributed by atoms with Crippen LogP contribution in [0.25, 0.3) is 10.9 Å². The molecule has 1 N–H and O–H groups in total. The summed E-state index contributed by atoms with van der Waals surface area (Å²) >= 11 is 5.95. The molecule has 1 aromatic carbocycles. The third kappa shape index (κ3) is 2.26. The highest BCUT2D eigenvalue weighted by Crippen LogP contribution is 2.28. The minimum absolute atomic E-state index is 0.0272. The maximum atomic E-state index is 9.45. The number of aromatic nitrogens is 2. The highest BCUT2D eigenvalue weighted by Gasteiger charge is 2.25. The van der Waals surface area contributed by atoms with Crippen LogP contribution in [0.5, 0.6) is 0 Å². The van der Waals surface area contributed by atoms with Gasteiger partial charge < -0.3 is 10.0 Å². The maximum absolute atomic E-state index is 9.45. The third-order valence-electron chi connectivity index (χ3n) is 3.17. The molecule has 96 valence electrons. The summed E-state index contributed by atoms with van der Waals surface area (Å²) in [6.45, 7) is 3.91. The average Bonchev–Trinajstić information content (AvgIpc) is 2.36. The Labute approximate surface area is 111 Å². The molecule has 2 rings (SSSR count). The largest absolute Gasteiger partial charge is 0.394 e. The molecule has 0 aliphatic carbocycles. The van der Waals surface area contributed by atoms with E-state index in [2.05, 4.69) is 9.97 Å². The molecule has 0 amide bonds. The fourth-order valence-electron chi connectivity index (χ4n) is 1.68. The van der Waals surface area contributed by atoms with Gasteiger partial charge >= 0.3 is 0 Å². The normalized spacial score (nSPS) is 11.8. The van der Waals surface area contributed by atoms with Crippen molar-refractivity contribution in [2.45, 2.75) is 19.4 Å². The summed E-state index contributed by atoms with van der Waals surface area (Å²) in [6.07, 6.45) is 0. The molecule has 0 radical (unpaired) electrons. The zero-order chi connectivity index (χ0) is 13.3. The van der Waals surface area contributed by atoms with Gasteiger partial charge in [-0.1, -0.05) is 12.1 Å². The van der Waals surface area contributed by atoms with Crippen LogP contribution in [0, 0.1) is 0 Å². The third-order valence-corrected chi connectivity index (χ3v) is 3.34. The van der Waals surface area contributed by atoms with Crippen molar-refractivity contribution >= 4 is 28.3 Å². The van der Waals surface area contributed by atoms with Gasteiger partial charge in [-0.3, -0.25) is 0 Å². The zero-order valence-electron chi connectivity index (χ0n) is 10.7. The van der Waals surface area contributed by atoms with Crippen LogP contribution >= 0.6 is 11.6 Å². The highest BCUT2D eigenvalue weighted by molar-refractivity contribution is 6.28. The van der Waals surface area contributed by atoms with Crippen LogP contribution in [0.4, 0.5) is 5.82 Å². The van der Waals surface area contributed by atoms with Gasteiger partial charge in [0, 0.05) is 12.4 Å². The quantitative estimate of drug-likeness (QED) is 0.867. The molecular weight excluding hydrogens is 250 g/mol. The predicted octanol–water partition coefficient (Wildman–Crippen LogP) is 2.49. The maximum Gasteiger partial charge on any atom is 0.224 e. The van der Waals surface area contributed by atoms with Crippen molar-refractivity contribution in [3.8, 4) is 0 Å². The van der Waals surface area contributed by atoms with Crippen LogP contribution in [-0.4, -0.2) is 34.3 Å². The van der Waals surface area contributed by atoms with E-state index in [1.807, 2.05) is 50.1 Å². The molecule has 2 aromatic rings. The number of para-hydroxylation sites is 1. The number of hydrogen-bond donors (Lipinski definition) is 1. The monoisotopic (exact) mass is 265 g/mol. The summed E-state index contributed by atoms with van der Waals surface area (Å²) in [6, 6.07) is 7.69. The number of rotatable bonds is 3. The summed E-state index contributed by atoms with van der Waals surface area (Å²) in [5.41, 5.74) is 0.383. The minimum atomic E-state index is -0.416. The molecule has 0 bridgehead atoms. The molecular formula is C13H16ClN3O. The van der Waals surface area contributed by atoms with Crippen molar-refractivity contribution in [1.82, 2.24) is 9.97 Å². The molecule has 0 atom stereocenters. The van der Waals surface area contributed by atoms with E-state index < -0.39 is 5.54 Å². The van der Waals surface area contributed by atoms with Crippen molar-refractivity contribution in [3.05, 3.63) is 29.5 Å². The van der Waals surface area contributed by atoms with E-state index in [-0.39, 0.29) is 11.9 Å². The molecule has 0 saturated heterocycles. The minimum Gasteiger partial charge on any atom is -0.394 e. The Kier molecular flexibility index (Phi) is 3.41. The summed E-state index contributed by atoms with van der Waals surface area (Å²) in [7, 11) is 1.89. The number of anilines is 1. The van der Waals surface area contributed by atoms with Crippen LogP contribution in [0.2, 0.25) is 5.28 Å². The van der Waals surface area contributed by atoms with Crippen molar-refractivity contribution < 1.29 is 5.11 Å². The Morgan fingerprint density at radius 2 is 1.94 bits per heavy atom. The number of aliphatic hydroxyl groups is 1. The molecule has 18 heavy (non-hydrogen) atoms. The summed E-state index contributed by atoms with van der Waals surface area (Å²) < 4.78 is 0. The lowest BCUT2D eigenvalue weighted by molar-refractivity contribution is 0.216. The molecule has 1 aromatic heterocycles. The first-order valence-corrected chi connectivity index (χ1v) is 6.10. The van der Waals surface area contributed by atoms with E-state index in [9.17, 15) is 5.11 Å². The van der Waals surface area contributed by atoms with Crippen molar-refractivity contribution in [1.29, 1.82) is 0 Å². The van der Waals surface area contributed by atoms with Gasteiger partial charge in [-0.2, -0.15) is 4.98 Å². The topological polar surface area (TPSA) is 49.2 Å². The van der Waals surface area contributed by atoms with Gasteiger partial charge in [0.05, 0.1) is 17.7 Å². The average molecular weight is 266 g/mol. The lowest BCUT2D eigenvalue weighted by Crippen LogP contribution is -2.45. The van der Waals surface area contributed by atoms with E-state index in [0.717, 1.165) is 16.7 Å². The molecule has 0 spiro atoms. The van der Waals surface area contributed by atoms with Crippen LogP contribution in [0.3, 0.4) is 0 Å². The zero-order valence-corrected chi connectivity index (χ0v) is 11.4. The number of benzene rings is 1. The molecule has 0 aliphatic heterocycles. The van der Waals surface area contributed by atoms with Crippen LogP contribution in [0.1, 0.15) is 13.8 Å². The van der Waals surface area contributed by atoms with Crippen LogP contribution < -0.4 is 4.90 Å². The van der Waals surface area contributed by atoms with Gasteiger partial charge in [-0.05, 0) is 37.6 Å². The number of aliphatic hydroxyl groups excluding tert-OH is 1. The fraction of sp³-hybridized carbons (Fsp3) is 0.385. The Bertz CT molecular complexity index is 571. The Morgan fingerprint density at radius 3 is 2.61 bits per heavy atom. The molecule has 5 heteroatoms. The Hall–Kier alpha value is -1.39. The SMILES string of the molecule is CN(c1nc(Cl)nc2ccccc12)C(C)(C)CO. The van der Waals surface area contributed by atoms with E-state index in [4.69, 9.17) is 11.6 Å². The number of halogens is 1. The molecule has 0 unspecified atom stereocenters. The van der Waals surface area contributed by atoms with E-state index in [1.165, 1.54) is 0 Å². The number of hydrogen-bond acceptors (Lipinski definition) is 4. The van der Waals surface area contributed by atoms with E-state index in [1.54, 1.807) is 0 Å². The molecule has 1 heterocycles. The highest BCUT2D eigenvalue weighted by atomic mass is 35.5. The van der Waals surface area contributed by atoms with E-state index in [0.29, 0.717) is 0 Å². The lowest BCUT2D eigenvalue weighted by atomic mass is 10.0. The smallest absolute Gasteiger partial charge is 0.224 e. The van der Waals surface area contributed by atoms with Gasteiger partial charge in [-0.25, -0.2) is 4.98 Å². The van der Waals surface area contributed by atoms with Crippen LogP contribution in [0.15, 0.2) is 24.3 Å². The number of nitrogens with zero attached hydrogens (tertiary/aromatic N) is 3. The molecule has 0 fully saturated rings. The first-order chi connectivity index (χ1) is 8.45. The van der Waals surface area contributed by atoms with Crippen molar-refractivity contribution in [3.63, 3.8) is 0 Å². The van der Waals surface area contributed by atoms with Gasteiger partial charge in [0.1, 0.15) is 5.82 Å². The predicted molar refractivity (Wildman–Crippen MR) is 74.1 cm³/mol. The van der Waals surface area contributed by atoms with Gasteiger partial charge in [0.25, 0.3) is 0 Å².